The Kier molecular flexibility index (Phi) is 4.77. The molecule has 1 aliphatic rings. The van der Waals surface area contributed by atoms with Crippen LogP contribution in [0.15, 0.2) is 6.07 Å². The molecule has 0 bridgehead atoms. The van der Waals surface area contributed by atoms with Crippen LogP contribution in [-0.2, 0) is 22.4 Å². The molecule has 1 aromatic rings. The van der Waals surface area contributed by atoms with E-state index in [4.69, 9.17) is 9.84 Å². The molecule has 0 fully saturated rings. The molecule has 110 valence electrons. The second-order valence-corrected chi connectivity index (χ2v) is 6.36. The van der Waals surface area contributed by atoms with Crippen LogP contribution in [0.4, 0.5) is 0 Å². The molecule has 0 saturated heterocycles. The molecule has 0 aliphatic heterocycles. The topological polar surface area (TPSA) is 75.6 Å². The number of hydrogen-bond donors (Lipinski definition) is 2. The predicted octanol–water partition coefficient (Wildman–Crippen LogP) is 1.70. The molecule has 2 unspecified atom stereocenters. The van der Waals surface area contributed by atoms with E-state index < -0.39 is 12.0 Å². The Morgan fingerprint density at radius 3 is 3.00 bits per heavy atom. The summed E-state index contributed by atoms with van der Waals surface area (Å²) < 4.78 is 4.81. The van der Waals surface area contributed by atoms with Crippen LogP contribution in [0, 0.1) is 5.92 Å². The first-order chi connectivity index (χ1) is 9.51. The highest BCUT2D eigenvalue weighted by molar-refractivity contribution is 7.14. The molecular formula is C14H19NO4S. The third-order valence-corrected chi connectivity index (χ3v) is 4.73. The van der Waals surface area contributed by atoms with E-state index in [0.717, 1.165) is 19.3 Å². The smallest absolute Gasteiger partial charge is 0.328 e. The van der Waals surface area contributed by atoms with Crippen LogP contribution >= 0.6 is 11.3 Å². The van der Waals surface area contributed by atoms with Crippen LogP contribution in [0.5, 0.6) is 0 Å². The Hall–Kier alpha value is -1.40. The van der Waals surface area contributed by atoms with Gasteiger partial charge in [0.2, 0.25) is 0 Å². The van der Waals surface area contributed by atoms with Gasteiger partial charge in [-0.2, -0.15) is 0 Å². The van der Waals surface area contributed by atoms with E-state index in [0.29, 0.717) is 10.8 Å². The lowest BCUT2D eigenvalue weighted by molar-refractivity contribution is -0.140. The molecule has 2 rings (SSSR count). The normalized spacial score (nSPS) is 19.2. The van der Waals surface area contributed by atoms with Crippen LogP contribution in [0.2, 0.25) is 0 Å². The van der Waals surface area contributed by atoms with E-state index in [2.05, 4.69) is 12.2 Å². The zero-order valence-electron chi connectivity index (χ0n) is 11.6. The van der Waals surface area contributed by atoms with Crippen molar-refractivity contribution >= 4 is 23.2 Å². The van der Waals surface area contributed by atoms with Crippen molar-refractivity contribution in [2.75, 3.05) is 13.7 Å². The first kappa shape index (κ1) is 15.0. The standard InChI is InChI=1S/C14H19NO4S/c1-8-3-4-11-9(5-8)6-12(20-11)13(16)15-10(7-19-2)14(17)18/h6,8,10H,3-5,7H2,1-2H3,(H,15,16)(H,17,18). The Bertz CT molecular complexity index is 511. The number of amides is 1. The average molecular weight is 297 g/mol. The van der Waals surface area contributed by atoms with E-state index in [1.807, 2.05) is 6.07 Å². The Morgan fingerprint density at radius 2 is 2.35 bits per heavy atom. The lowest BCUT2D eigenvalue weighted by Crippen LogP contribution is -2.43. The number of carboxylic acid groups (broad SMARTS) is 1. The highest BCUT2D eigenvalue weighted by Gasteiger charge is 2.24. The van der Waals surface area contributed by atoms with Gasteiger partial charge in [0, 0.05) is 12.0 Å². The third kappa shape index (κ3) is 3.37. The van der Waals surface area contributed by atoms with E-state index in [-0.39, 0.29) is 12.5 Å². The molecule has 0 aromatic carbocycles. The molecular weight excluding hydrogens is 278 g/mol. The number of aryl methyl sites for hydroxylation is 1. The number of aliphatic carboxylic acids is 1. The molecule has 1 amide bonds. The van der Waals surface area contributed by atoms with Gasteiger partial charge in [0.05, 0.1) is 11.5 Å². The van der Waals surface area contributed by atoms with Crippen molar-refractivity contribution in [3.8, 4) is 0 Å². The number of carbonyl (C=O) groups excluding carboxylic acids is 1. The quantitative estimate of drug-likeness (QED) is 0.867. The maximum Gasteiger partial charge on any atom is 0.328 e. The Balaban J connectivity index is 2.08. The zero-order valence-corrected chi connectivity index (χ0v) is 12.5. The van der Waals surface area contributed by atoms with Gasteiger partial charge in [-0.3, -0.25) is 4.79 Å². The second-order valence-electron chi connectivity index (χ2n) is 5.23. The molecule has 2 atom stereocenters. The minimum atomic E-state index is -1.09. The van der Waals surface area contributed by atoms with Gasteiger partial charge in [-0.05, 0) is 36.8 Å². The van der Waals surface area contributed by atoms with Crippen molar-refractivity contribution in [3.63, 3.8) is 0 Å². The van der Waals surface area contributed by atoms with Gasteiger partial charge in [-0.25, -0.2) is 4.79 Å². The van der Waals surface area contributed by atoms with Gasteiger partial charge < -0.3 is 15.2 Å². The highest BCUT2D eigenvalue weighted by Crippen LogP contribution is 2.32. The molecule has 0 spiro atoms. The monoisotopic (exact) mass is 297 g/mol. The molecule has 1 heterocycles. The van der Waals surface area contributed by atoms with Crippen LogP contribution in [0.25, 0.3) is 0 Å². The largest absolute Gasteiger partial charge is 0.480 e. The van der Waals surface area contributed by atoms with Gasteiger partial charge in [-0.1, -0.05) is 6.92 Å². The minimum absolute atomic E-state index is 0.0385. The molecule has 6 heteroatoms. The van der Waals surface area contributed by atoms with Gasteiger partial charge in [0.1, 0.15) is 0 Å². The van der Waals surface area contributed by atoms with Crippen LogP contribution in [0.1, 0.15) is 33.5 Å². The summed E-state index contributed by atoms with van der Waals surface area (Å²) in [5.74, 6) is -0.773. The summed E-state index contributed by atoms with van der Waals surface area (Å²) >= 11 is 1.47. The number of rotatable bonds is 5. The zero-order chi connectivity index (χ0) is 14.7. The van der Waals surface area contributed by atoms with Gasteiger partial charge in [-0.15, -0.1) is 11.3 Å². The number of carboxylic acids is 1. The first-order valence-electron chi connectivity index (χ1n) is 6.65. The molecule has 0 saturated carbocycles. The van der Waals surface area contributed by atoms with Crippen molar-refractivity contribution in [1.29, 1.82) is 0 Å². The Labute approximate surface area is 121 Å². The molecule has 0 radical (unpaired) electrons. The fourth-order valence-electron chi connectivity index (χ4n) is 2.39. The average Bonchev–Trinajstić information content (AvgIpc) is 2.80. The van der Waals surface area contributed by atoms with Gasteiger partial charge >= 0.3 is 5.97 Å². The number of nitrogens with one attached hydrogen (secondary N) is 1. The van der Waals surface area contributed by atoms with E-state index >= 15 is 0 Å². The van der Waals surface area contributed by atoms with Crippen LogP contribution < -0.4 is 5.32 Å². The maximum atomic E-state index is 12.1. The summed E-state index contributed by atoms with van der Waals surface area (Å²) in [6.07, 6.45) is 3.16. The number of methoxy groups -OCH3 is 1. The summed E-state index contributed by atoms with van der Waals surface area (Å²) in [4.78, 5) is 25.0. The van der Waals surface area contributed by atoms with Crippen molar-refractivity contribution in [1.82, 2.24) is 5.32 Å². The number of hydrogen-bond acceptors (Lipinski definition) is 4. The summed E-state index contributed by atoms with van der Waals surface area (Å²) in [7, 11) is 1.41. The lowest BCUT2D eigenvalue weighted by atomic mass is 9.90. The van der Waals surface area contributed by atoms with E-state index in [1.54, 1.807) is 0 Å². The minimum Gasteiger partial charge on any atom is -0.480 e. The molecule has 5 nitrogen and oxygen atoms in total. The molecule has 1 aromatic heterocycles. The molecule has 20 heavy (non-hydrogen) atoms. The van der Waals surface area contributed by atoms with E-state index in [1.165, 1.54) is 28.9 Å². The van der Waals surface area contributed by atoms with Crippen molar-refractivity contribution < 1.29 is 19.4 Å². The van der Waals surface area contributed by atoms with Gasteiger partial charge in [0.15, 0.2) is 6.04 Å². The fourth-order valence-corrected chi connectivity index (χ4v) is 3.50. The summed E-state index contributed by atoms with van der Waals surface area (Å²) in [6, 6.07) is 0.891. The predicted molar refractivity (Wildman–Crippen MR) is 76.3 cm³/mol. The number of ether oxygens (including phenoxy) is 1. The molecule has 1 aliphatic carbocycles. The number of thiophene rings is 1. The maximum absolute atomic E-state index is 12.1. The first-order valence-corrected chi connectivity index (χ1v) is 7.47. The summed E-state index contributed by atoms with van der Waals surface area (Å²) in [6.45, 7) is 2.17. The summed E-state index contributed by atoms with van der Waals surface area (Å²) in [5.41, 5.74) is 1.23. The van der Waals surface area contributed by atoms with Crippen molar-refractivity contribution in [2.45, 2.75) is 32.2 Å². The third-order valence-electron chi connectivity index (χ3n) is 3.49. The lowest BCUT2D eigenvalue weighted by Gasteiger charge is -2.16. The SMILES string of the molecule is COCC(NC(=O)c1cc2c(s1)CCC(C)C2)C(=O)O. The van der Waals surface area contributed by atoms with Crippen molar-refractivity contribution in [2.24, 2.45) is 5.92 Å². The van der Waals surface area contributed by atoms with Crippen molar-refractivity contribution in [3.05, 3.63) is 21.4 Å². The Morgan fingerprint density at radius 1 is 1.60 bits per heavy atom. The van der Waals surface area contributed by atoms with Crippen LogP contribution in [0.3, 0.4) is 0 Å². The molecule has 2 N–H and O–H groups in total. The summed E-state index contributed by atoms with van der Waals surface area (Å²) in [5, 5.41) is 11.5. The van der Waals surface area contributed by atoms with Gasteiger partial charge in [0.25, 0.3) is 5.91 Å². The second kappa shape index (κ2) is 6.37. The van der Waals surface area contributed by atoms with E-state index in [9.17, 15) is 9.59 Å². The van der Waals surface area contributed by atoms with Crippen LogP contribution in [-0.4, -0.2) is 36.7 Å². The highest BCUT2D eigenvalue weighted by atomic mass is 32.1. The fraction of sp³-hybridized carbons (Fsp3) is 0.571. The number of carbonyl (C=O) groups is 2. The number of fused-ring (bicyclic) bond motifs is 1.